The molecule has 0 bridgehead atoms. The molecular formula is C14H13BrFNOS. The van der Waals surface area contributed by atoms with E-state index in [1.165, 1.54) is 6.07 Å². The minimum atomic E-state index is -0.418. The first-order valence-electron chi connectivity index (χ1n) is 5.89. The molecule has 0 aliphatic rings. The van der Waals surface area contributed by atoms with E-state index < -0.39 is 5.82 Å². The van der Waals surface area contributed by atoms with Crippen LogP contribution in [0.4, 0.5) is 4.39 Å². The van der Waals surface area contributed by atoms with Crippen LogP contribution in [0.1, 0.15) is 22.2 Å². The summed E-state index contributed by atoms with van der Waals surface area (Å²) >= 11 is 4.74. The number of carbonyl (C=O) groups excluding carboxylic acids is 1. The predicted octanol–water partition coefficient (Wildman–Crippen LogP) is 4.31. The van der Waals surface area contributed by atoms with Crippen LogP contribution >= 0.6 is 27.3 Å². The summed E-state index contributed by atoms with van der Waals surface area (Å²) in [6, 6.07) is 8.45. The van der Waals surface area contributed by atoms with Gasteiger partial charge < -0.3 is 4.90 Å². The molecule has 5 heteroatoms. The number of rotatable bonds is 4. The quantitative estimate of drug-likeness (QED) is 0.811. The molecule has 0 atom stereocenters. The molecular weight excluding hydrogens is 329 g/mol. The zero-order chi connectivity index (χ0) is 13.8. The molecule has 0 saturated heterocycles. The van der Waals surface area contributed by atoms with Gasteiger partial charge in [0.2, 0.25) is 0 Å². The normalized spacial score (nSPS) is 10.5. The summed E-state index contributed by atoms with van der Waals surface area (Å²) in [6.45, 7) is 3.05. The summed E-state index contributed by atoms with van der Waals surface area (Å²) in [5.41, 5.74) is 0.360. The molecule has 0 aliphatic carbocycles. The molecule has 19 heavy (non-hydrogen) atoms. The van der Waals surface area contributed by atoms with E-state index in [1.54, 1.807) is 28.4 Å². The summed E-state index contributed by atoms with van der Waals surface area (Å²) < 4.78 is 13.7. The number of benzene rings is 1. The molecule has 0 N–H and O–H groups in total. The van der Waals surface area contributed by atoms with Crippen LogP contribution in [0.2, 0.25) is 0 Å². The fourth-order valence-corrected chi connectivity index (χ4v) is 2.91. The smallest absolute Gasteiger partial charge is 0.255 e. The van der Waals surface area contributed by atoms with Gasteiger partial charge in [0.15, 0.2) is 0 Å². The van der Waals surface area contributed by atoms with Crippen molar-refractivity contribution < 1.29 is 9.18 Å². The van der Waals surface area contributed by atoms with E-state index in [0.29, 0.717) is 18.7 Å². The lowest BCUT2D eigenvalue weighted by atomic mass is 10.2. The number of amides is 1. The Labute approximate surface area is 124 Å². The van der Waals surface area contributed by atoms with Gasteiger partial charge in [0.05, 0.1) is 16.6 Å². The van der Waals surface area contributed by atoms with E-state index >= 15 is 0 Å². The molecule has 100 valence electrons. The van der Waals surface area contributed by atoms with Gasteiger partial charge in [-0.25, -0.2) is 4.39 Å². The van der Waals surface area contributed by atoms with E-state index in [1.807, 2.05) is 24.4 Å². The van der Waals surface area contributed by atoms with Gasteiger partial charge in [-0.3, -0.25) is 4.79 Å². The molecule has 0 spiro atoms. The monoisotopic (exact) mass is 341 g/mol. The van der Waals surface area contributed by atoms with Crippen LogP contribution in [0.3, 0.4) is 0 Å². The summed E-state index contributed by atoms with van der Waals surface area (Å²) in [5.74, 6) is -0.583. The van der Waals surface area contributed by atoms with Crippen LogP contribution in [0.25, 0.3) is 0 Å². The zero-order valence-corrected chi connectivity index (χ0v) is 12.8. The van der Waals surface area contributed by atoms with Crippen molar-refractivity contribution in [2.75, 3.05) is 6.54 Å². The maximum absolute atomic E-state index is 13.5. The van der Waals surface area contributed by atoms with Crippen molar-refractivity contribution in [2.45, 2.75) is 13.5 Å². The summed E-state index contributed by atoms with van der Waals surface area (Å²) in [7, 11) is 0. The molecule has 2 rings (SSSR count). The highest BCUT2D eigenvalue weighted by molar-refractivity contribution is 9.10. The molecule has 1 amide bonds. The fourth-order valence-electron chi connectivity index (χ4n) is 1.76. The topological polar surface area (TPSA) is 20.3 Å². The van der Waals surface area contributed by atoms with E-state index in [9.17, 15) is 9.18 Å². The lowest BCUT2D eigenvalue weighted by Gasteiger charge is -2.21. The van der Waals surface area contributed by atoms with Crippen molar-refractivity contribution in [2.24, 2.45) is 0 Å². The highest BCUT2D eigenvalue weighted by Crippen LogP contribution is 2.23. The van der Waals surface area contributed by atoms with Crippen molar-refractivity contribution in [1.29, 1.82) is 0 Å². The third-order valence-corrected chi connectivity index (χ3v) is 4.44. The lowest BCUT2D eigenvalue weighted by Crippen LogP contribution is -2.30. The van der Waals surface area contributed by atoms with Crippen LogP contribution in [0.5, 0.6) is 0 Å². The summed E-state index contributed by atoms with van der Waals surface area (Å²) in [5, 5.41) is 1.98. The molecule has 0 radical (unpaired) electrons. The minimum absolute atomic E-state index is 0.165. The molecule has 0 saturated carbocycles. The number of thiophene rings is 1. The second-order valence-corrected chi connectivity index (χ2v) is 5.83. The van der Waals surface area contributed by atoms with E-state index in [4.69, 9.17) is 0 Å². The number of hydrogen-bond acceptors (Lipinski definition) is 2. The van der Waals surface area contributed by atoms with Gasteiger partial charge in [-0.05, 0) is 46.4 Å². The second-order valence-electron chi connectivity index (χ2n) is 4.00. The number of carbonyl (C=O) groups is 1. The highest BCUT2D eigenvalue weighted by Gasteiger charge is 2.19. The zero-order valence-electron chi connectivity index (χ0n) is 10.4. The van der Waals surface area contributed by atoms with E-state index in [0.717, 1.165) is 4.88 Å². The van der Waals surface area contributed by atoms with Crippen molar-refractivity contribution in [3.8, 4) is 0 Å². The van der Waals surface area contributed by atoms with Crippen LogP contribution in [0, 0.1) is 5.82 Å². The molecule has 1 aromatic heterocycles. The van der Waals surface area contributed by atoms with Crippen molar-refractivity contribution in [3.63, 3.8) is 0 Å². The second kappa shape index (κ2) is 6.30. The van der Waals surface area contributed by atoms with Crippen molar-refractivity contribution in [3.05, 3.63) is 56.4 Å². The predicted molar refractivity (Wildman–Crippen MR) is 78.8 cm³/mol. The molecule has 2 aromatic rings. The van der Waals surface area contributed by atoms with E-state index in [-0.39, 0.29) is 10.4 Å². The first-order valence-corrected chi connectivity index (χ1v) is 7.56. The SMILES string of the molecule is CCN(Cc1cccs1)C(=O)c1cccc(F)c1Br. The Balaban J connectivity index is 2.23. The Bertz CT molecular complexity index is 571. The molecule has 0 aliphatic heterocycles. The highest BCUT2D eigenvalue weighted by atomic mass is 79.9. The Hall–Kier alpha value is -1.20. The maximum Gasteiger partial charge on any atom is 0.255 e. The van der Waals surface area contributed by atoms with Gasteiger partial charge in [0.25, 0.3) is 5.91 Å². The molecule has 2 nitrogen and oxygen atoms in total. The van der Waals surface area contributed by atoms with Crippen molar-refractivity contribution >= 4 is 33.2 Å². The van der Waals surface area contributed by atoms with Crippen LogP contribution < -0.4 is 0 Å². The Kier molecular flexibility index (Phi) is 4.71. The Morgan fingerprint density at radius 3 is 2.79 bits per heavy atom. The number of hydrogen-bond donors (Lipinski definition) is 0. The van der Waals surface area contributed by atoms with Gasteiger partial charge in [-0.15, -0.1) is 11.3 Å². The molecule has 0 unspecified atom stereocenters. The Morgan fingerprint density at radius 2 is 2.16 bits per heavy atom. The first-order chi connectivity index (χ1) is 9.13. The van der Waals surface area contributed by atoms with Crippen molar-refractivity contribution in [1.82, 2.24) is 4.90 Å². The van der Waals surface area contributed by atoms with Crippen LogP contribution in [-0.2, 0) is 6.54 Å². The molecule has 0 fully saturated rings. The summed E-state index contributed by atoms with van der Waals surface area (Å²) in [6.07, 6.45) is 0. The average Bonchev–Trinajstić information content (AvgIpc) is 2.91. The minimum Gasteiger partial charge on any atom is -0.334 e. The third-order valence-electron chi connectivity index (χ3n) is 2.78. The van der Waals surface area contributed by atoms with Gasteiger partial charge in [0, 0.05) is 11.4 Å². The average molecular weight is 342 g/mol. The number of halogens is 2. The standard InChI is InChI=1S/C14H13BrFNOS/c1-2-17(9-10-5-4-8-19-10)14(18)11-6-3-7-12(16)13(11)15/h3-8H,2,9H2,1H3. The fraction of sp³-hybridized carbons (Fsp3) is 0.214. The van der Waals surface area contributed by atoms with Gasteiger partial charge >= 0.3 is 0 Å². The summed E-state index contributed by atoms with van der Waals surface area (Å²) in [4.78, 5) is 15.2. The third kappa shape index (κ3) is 3.22. The Morgan fingerprint density at radius 1 is 1.37 bits per heavy atom. The number of nitrogens with zero attached hydrogens (tertiary/aromatic N) is 1. The van der Waals surface area contributed by atoms with E-state index in [2.05, 4.69) is 15.9 Å². The maximum atomic E-state index is 13.5. The largest absolute Gasteiger partial charge is 0.334 e. The van der Waals surface area contributed by atoms with Crippen LogP contribution in [0.15, 0.2) is 40.2 Å². The first kappa shape index (κ1) is 14.2. The van der Waals surface area contributed by atoms with Gasteiger partial charge in [-0.2, -0.15) is 0 Å². The molecule has 1 aromatic carbocycles. The van der Waals surface area contributed by atoms with Crippen LogP contribution in [-0.4, -0.2) is 17.4 Å². The molecule has 1 heterocycles. The van der Waals surface area contributed by atoms with Gasteiger partial charge in [-0.1, -0.05) is 12.1 Å². The van der Waals surface area contributed by atoms with Gasteiger partial charge in [0.1, 0.15) is 5.82 Å². The lowest BCUT2D eigenvalue weighted by molar-refractivity contribution is 0.0752.